The average molecular weight is 328 g/mol. The van der Waals surface area contributed by atoms with Crippen LogP contribution in [-0.4, -0.2) is 17.1 Å². The van der Waals surface area contributed by atoms with Crippen molar-refractivity contribution in [1.82, 2.24) is 4.57 Å². The van der Waals surface area contributed by atoms with E-state index < -0.39 is 0 Å². The molecule has 0 saturated heterocycles. The lowest BCUT2D eigenvalue weighted by molar-refractivity contribution is 0.0505. The molecule has 0 bridgehead atoms. The second-order valence-corrected chi connectivity index (χ2v) is 5.92. The van der Waals surface area contributed by atoms with E-state index in [0.29, 0.717) is 18.7 Å². The Kier molecular flexibility index (Phi) is 4.68. The Hall–Kier alpha value is -2.26. The van der Waals surface area contributed by atoms with Gasteiger partial charge in [-0.1, -0.05) is 30.7 Å². The van der Waals surface area contributed by atoms with Crippen LogP contribution in [0.5, 0.6) is 0 Å². The number of fused-ring (bicyclic) bond motifs is 1. The van der Waals surface area contributed by atoms with Crippen molar-refractivity contribution >= 4 is 28.5 Å². The number of esters is 1. The van der Waals surface area contributed by atoms with Crippen LogP contribution in [0.2, 0.25) is 5.02 Å². The first-order chi connectivity index (χ1) is 11.2. The molecule has 3 nitrogen and oxygen atoms in total. The third-order valence-corrected chi connectivity index (χ3v) is 3.92. The number of carbonyl (C=O) groups excluding carboxylic acids is 1. The Labute approximate surface area is 140 Å². The van der Waals surface area contributed by atoms with Gasteiger partial charge in [-0.05, 0) is 48.4 Å². The van der Waals surface area contributed by atoms with Crippen LogP contribution in [-0.2, 0) is 11.3 Å². The molecule has 1 heterocycles. The zero-order valence-corrected chi connectivity index (χ0v) is 13.7. The monoisotopic (exact) mass is 327 g/mol. The van der Waals surface area contributed by atoms with E-state index in [4.69, 9.17) is 16.3 Å². The van der Waals surface area contributed by atoms with Gasteiger partial charge in [0.25, 0.3) is 0 Å². The molecule has 3 aromatic rings. The number of hydrogen-bond donors (Lipinski definition) is 0. The lowest BCUT2D eigenvalue weighted by atomic mass is 10.1. The molecular formula is C19H18ClNO2. The van der Waals surface area contributed by atoms with Crippen molar-refractivity contribution in [3.8, 4) is 0 Å². The minimum absolute atomic E-state index is 0.266. The van der Waals surface area contributed by atoms with Crippen LogP contribution in [0.15, 0.2) is 54.7 Å². The van der Waals surface area contributed by atoms with Gasteiger partial charge in [0, 0.05) is 28.7 Å². The summed E-state index contributed by atoms with van der Waals surface area (Å²) in [5.74, 6) is -0.266. The van der Waals surface area contributed by atoms with Gasteiger partial charge in [0.15, 0.2) is 0 Å². The van der Waals surface area contributed by atoms with Crippen molar-refractivity contribution in [2.45, 2.75) is 19.9 Å². The number of ether oxygens (including phenoxy) is 1. The van der Waals surface area contributed by atoms with Crippen molar-refractivity contribution in [3.63, 3.8) is 0 Å². The summed E-state index contributed by atoms with van der Waals surface area (Å²) in [6.45, 7) is 3.12. The van der Waals surface area contributed by atoms with Gasteiger partial charge in [-0.2, -0.15) is 0 Å². The molecule has 0 amide bonds. The number of nitrogens with zero attached hydrogens (tertiary/aromatic N) is 1. The van der Waals surface area contributed by atoms with E-state index in [0.717, 1.165) is 27.9 Å². The van der Waals surface area contributed by atoms with Gasteiger partial charge >= 0.3 is 5.97 Å². The number of benzene rings is 2. The van der Waals surface area contributed by atoms with Gasteiger partial charge in [-0.25, -0.2) is 4.79 Å². The second-order valence-electron chi connectivity index (χ2n) is 5.48. The molecule has 0 saturated carbocycles. The predicted molar refractivity (Wildman–Crippen MR) is 93.1 cm³/mol. The molecule has 23 heavy (non-hydrogen) atoms. The first-order valence-electron chi connectivity index (χ1n) is 7.68. The maximum atomic E-state index is 12.0. The van der Waals surface area contributed by atoms with Crippen molar-refractivity contribution in [2.24, 2.45) is 0 Å². The molecule has 0 aliphatic rings. The number of halogens is 1. The summed E-state index contributed by atoms with van der Waals surface area (Å²) in [6.07, 6.45) is 2.85. The summed E-state index contributed by atoms with van der Waals surface area (Å²) in [5, 5.41) is 1.84. The Balaban J connectivity index is 1.83. The summed E-state index contributed by atoms with van der Waals surface area (Å²) >= 11 is 6.02. The third kappa shape index (κ3) is 3.57. The molecule has 0 aliphatic carbocycles. The van der Waals surface area contributed by atoms with E-state index in [9.17, 15) is 4.79 Å². The molecule has 0 fully saturated rings. The van der Waals surface area contributed by atoms with Crippen LogP contribution in [0.1, 0.15) is 29.3 Å². The maximum Gasteiger partial charge on any atom is 0.338 e. The highest BCUT2D eigenvalue weighted by atomic mass is 35.5. The van der Waals surface area contributed by atoms with Gasteiger partial charge in [0.05, 0.1) is 12.2 Å². The van der Waals surface area contributed by atoms with Crippen LogP contribution in [0.4, 0.5) is 0 Å². The SMILES string of the molecule is CCCOC(=O)c1cccc(Cn2ccc3cc(Cl)ccc32)c1. The molecule has 0 aliphatic heterocycles. The summed E-state index contributed by atoms with van der Waals surface area (Å²) in [6, 6.07) is 15.5. The second kappa shape index (κ2) is 6.88. The maximum absolute atomic E-state index is 12.0. The van der Waals surface area contributed by atoms with Crippen LogP contribution in [0, 0.1) is 0 Å². The quantitative estimate of drug-likeness (QED) is 0.623. The average Bonchev–Trinajstić information content (AvgIpc) is 2.94. The van der Waals surface area contributed by atoms with Gasteiger partial charge in [-0.15, -0.1) is 0 Å². The molecule has 2 aromatic carbocycles. The summed E-state index contributed by atoms with van der Waals surface area (Å²) in [7, 11) is 0. The standard InChI is InChI=1S/C19H18ClNO2/c1-2-10-23-19(22)16-5-3-4-14(11-16)13-21-9-8-15-12-17(20)6-7-18(15)21/h3-9,11-12H,2,10,13H2,1H3. The normalized spacial score (nSPS) is 10.9. The van der Waals surface area contributed by atoms with Gasteiger partial charge in [0.2, 0.25) is 0 Å². The Morgan fingerprint density at radius 2 is 2.04 bits per heavy atom. The van der Waals surface area contributed by atoms with Gasteiger partial charge in [0.1, 0.15) is 0 Å². The third-order valence-electron chi connectivity index (χ3n) is 3.69. The number of aromatic nitrogens is 1. The zero-order valence-electron chi connectivity index (χ0n) is 13.0. The van der Waals surface area contributed by atoms with Gasteiger partial charge in [-0.3, -0.25) is 0 Å². The minimum atomic E-state index is -0.266. The van der Waals surface area contributed by atoms with E-state index in [2.05, 4.69) is 4.57 Å². The number of rotatable bonds is 5. The topological polar surface area (TPSA) is 31.2 Å². The van der Waals surface area contributed by atoms with E-state index in [1.54, 1.807) is 6.07 Å². The molecule has 3 rings (SSSR count). The Morgan fingerprint density at radius 1 is 1.17 bits per heavy atom. The smallest absolute Gasteiger partial charge is 0.338 e. The molecule has 0 radical (unpaired) electrons. The molecule has 0 N–H and O–H groups in total. The van der Waals surface area contributed by atoms with Crippen LogP contribution >= 0.6 is 11.6 Å². The fraction of sp³-hybridized carbons (Fsp3) is 0.211. The molecule has 0 atom stereocenters. The molecule has 118 valence electrons. The first-order valence-corrected chi connectivity index (χ1v) is 8.05. The highest BCUT2D eigenvalue weighted by molar-refractivity contribution is 6.31. The Bertz CT molecular complexity index is 838. The Morgan fingerprint density at radius 3 is 2.87 bits per heavy atom. The highest BCUT2D eigenvalue weighted by Gasteiger charge is 2.08. The molecule has 4 heteroatoms. The largest absolute Gasteiger partial charge is 0.462 e. The fourth-order valence-corrected chi connectivity index (χ4v) is 2.76. The number of hydrogen-bond acceptors (Lipinski definition) is 2. The fourth-order valence-electron chi connectivity index (χ4n) is 2.58. The van der Waals surface area contributed by atoms with E-state index in [-0.39, 0.29) is 5.97 Å². The molecule has 0 spiro atoms. The predicted octanol–water partition coefficient (Wildman–Crippen LogP) is 4.91. The molecule has 1 aromatic heterocycles. The van der Waals surface area contributed by atoms with Crippen molar-refractivity contribution in [1.29, 1.82) is 0 Å². The highest BCUT2D eigenvalue weighted by Crippen LogP contribution is 2.21. The van der Waals surface area contributed by atoms with E-state index in [1.807, 2.05) is 55.6 Å². The first kappa shape index (κ1) is 15.6. The van der Waals surface area contributed by atoms with Crippen LogP contribution < -0.4 is 0 Å². The van der Waals surface area contributed by atoms with E-state index >= 15 is 0 Å². The van der Waals surface area contributed by atoms with Crippen LogP contribution in [0.25, 0.3) is 10.9 Å². The van der Waals surface area contributed by atoms with E-state index in [1.165, 1.54) is 0 Å². The minimum Gasteiger partial charge on any atom is -0.462 e. The number of carbonyl (C=O) groups is 1. The zero-order chi connectivity index (χ0) is 16.2. The summed E-state index contributed by atoms with van der Waals surface area (Å²) < 4.78 is 7.33. The lowest BCUT2D eigenvalue weighted by Crippen LogP contribution is -2.07. The summed E-state index contributed by atoms with van der Waals surface area (Å²) in [5.41, 5.74) is 2.77. The summed E-state index contributed by atoms with van der Waals surface area (Å²) in [4.78, 5) is 12.0. The molecule has 0 unspecified atom stereocenters. The van der Waals surface area contributed by atoms with Gasteiger partial charge < -0.3 is 9.30 Å². The molecular weight excluding hydrogens is 310 g/mol. The van der Waals surface area contributed by atoms with Crippen molar-refractivity contribution in [3.05, 3.63) is 70.9 Å². The van der Waals surface area contributed by atoms with Crippen LogP contribution in [0.3, 0.4) is 0 Å². The van der Waals surface area contributed by atoms with Crippen molar-refractivity contribution in [2.75, 3.05) is 6.61 Å². The lowest BCUT2D eigenvalue weighted by Gasteiger charge is -2.08. The van der Waals surface area contributed by atoms with Crippen molar-refractivity contribution < 1.29 is 9.53 Å².